The minimum Gasteiger partial charge on any atom is -0.423 e. The third-order valence-corrected chi connectivity index (χ3v) is 4.36. The van der Waals surface area contributed by atoms with Crippen molar-refractivity contribution in [1.82, 2.24) is 9.21 Å². The second kappa shape index (κ2) is 13.1. The molecule has 1 aliphatic heterocycles. The molecule has 5 nitrogen and oxygen atoms in total. The zero-order chi connectivity index (χ0) is 21.8. The molecule has 0 saturated heterocycles. The van der Waals surface area contributed by atoms with E-state index in [1.165, 1.54) is 6.07 Å². The van der Waals surface area contributed by atoms with E-state index < -0.39 is 31.5 Å². The Morgan fingerprint density at radius 1 is 1.11 bits per heavy atom. The lowest BCUT2D eigenvalue weighted by atomic mass is 9.72. The first-order chi connectivity index (χ1) is 12.9. The van der Waals surface area contributed by atoms with Crippen molar-refractivity contribution in [1.29, 1.82) is 5.26 Å². The van der Waals surface area contributed by atoms with Crippen LogP contribution in [0, 0.1) is 17.2 Å². The summed E-state index contributed by atoms with van der Waals surface area (Å²) in [6.07, 6.45) is 0.182. The molecule has 1 rings (SSSR count). The summed E-state index contributed by atoms with van der Waals surface area (Å²) in [5, 5.41) is 25.5. The lowest BCUT2D eigenvalue weighted by Gasteiger charge is -2.20. The topological polar surface area (TPSA) is 70.7 Å². The lowest BCUT2D eigenvalue weighted by Crippen LogP contribution is -2.44. The van der Waals surface area contributed by atoms with Crippen LogP contribution in [0.3, 0.4) is 0 Å². The SMILES string of the molecule is CCN1C=CN(S)C1.N#CC(CCCCCCCC(F)(F)F)C(F)(F)B(O)O. The Hall–Kier alpha value is -1.19. The summed E-state index contributed by atoms with van der Waals surface area (Å²) in [6, 6.07) is 1.33. The Morgan fingerprint density at radius 2 is 1.68 bits per heavy atom. The van der Waals surface area contributed by atoms with Crippen LogP contribution < -0.4 is 0 Å². The van der Waals surface area contributed by atoms with Crippen molar-refractivity contribution in [3.63, 3.8) is 0 Å². The predicted molar refractivity (Wildman–Crippen MR) is 99.8 cm³/mol. The van der Waals surface area contributed by atoms with Crippen LogP contribution in [0.4, 0.5) is 22.0 Å². The highest BCUT2D eigenvalue weighted by molar-refractivity contribution is 7.77. The molecule has 0 aliphatic carbocycles. The molecule has 0 spiro atoms. The van der Waals surface area contributed by atoms with Crippen molar-refractivity contribution in [3.05, 3.63) is 12.4 Å². The number of rotatable bonds is 10. The number of halogens is 5. The van der Waals surface area contributed by atoms with Crippen LogP contribution in [0.25, 0.3) is 0 Å². The molecule has 0 aromatic rings. The molecule has 0 radical (unpaired) electrons. The van der Waals surface area contributed by atoms with Crippen LogP contribution in [-0.2, 0) is 0 Å². The van der Waals surface area contributed by atoms with Gasteiger partial charge in [-0.05, 0) is 19.8 Å². The fourth-order valence-corrected chi connectivity index (χ4v) is 2.61. The van der Waals surface area contributed by atoms with Gasteiger partial charge in [-0.1, -0.05) is 38.5 Å². The summed E-state index contributed by atoms with van der Waals surface area (Å²) in [6.45, 7) is 4.10. The normalized spacial score (nSPS) is 15.1. The molecule has 0 fully saturated rings. The van der Waals surface area contributed by atoms with E-state index in [4.69, 9.17) is 15.3 Å². The Kier molecular flexibility index (Phi) is 12.6. The Morgan fingerprint density at radius 3 is 2.07 bits per heavy atom. The molecular formula is C16H27BF5N3O2S. The largest absolute Gasteiger partial charge is 0.529 e. The maximum absolute atomic E-state index is 13.1. The third-order valence-electron chi connectivity index (χ3n) is 4.10. The Balaban J connectivity index is 0.000000749. The number of thiol groups is 1. The zero-order valence-electron chi connectivity index (χ0n) is 15.7. The monoisotopic (exact) mass is 431 g/mol. The van der Waals surface area contributed by atoms with Gasteiger partial charge in [0.25, 0.3) is 5.82 Å². The predicted octanol–water partition coefficient (Wildman–Crippen LogP) is 3.96. The Bertz CT molecular complexity index is 504. The minimum absolute atomic E-state index is 0.00328. The highest BCUT2D eigenvalue weighted by atomic mass is 32.1. The summed E-state index contributed by atoms with van der Waals surface area (Å²) >= 11 is 4.11. The number of unbranched alkanes of at least 4 members (excludes halogenated alkanes) is 4. The van der Waals surface area contributed by atoms with Gasteiger partial charge in [0.1, 0.15) is 5.92 Å². The van der Waals surface area contributed by atoms with Crippen molar-refractivity contribution < 1.29 is 32.0 Å². The van der Waals surface area contributed by atoms with E-state index in [2.05, 4.69) is 24.6 Å². The van der Waals surface area contributed by atoms with Gasteiger partial charge in [-0.2, -0.15) is 18.4 Å². The van der Waals surface area contributed by atoms with Gasteiger partial charge < -0.3 is 19.3 Å². The first-order valence-electron chi connectivity index (χ1n) is 9.02. The molecule has 0 aromatic heterocycles. The standard InChI is InChI=1S/C11H17BF5NO2.C5H10N2S/c13-10(14,15)7-5-3-1-2-4-6-9(8-18)11(16,17)12(19)20;1-2-6-3-4-7(8)5-6/h9,19-20H,1-7H2;3-4,8H,2,5H2,1H3. The molecule has 1 unspecified atom stereocenters. The van der Waals surface area contributed by atoms with Gasteiger partial charge in [0.05, 0.1) is 12.7 Å². The number of nitrogens with zero attached hydrogens (tertiary/aromatic N) is 3. The molecule has 1 heterocycles. The number of nitriles is 1. The molecular weight excluding hydrogens is 404 g/mol. The molecule has 28 heavy (non-hydrogen) atoms. The van der Waals surface area contributed by atoms with Gasteiger partial charge in [0.2, 0.25) is 0 Å². The maximum atomic E-state index is 13.1. The van der Waals surface area contributed by atoms with Crippen molar-refractivity contribution >= 4 is 19.9 Å². The van der Waals surface area contributed by atoms with E-state index >= 15 is 0 Å². The maximum Gasteiger partial charge on any atom is 0.529 e. The van der Waals surface area contributed by atoms with Gasteiger partial charge >= 0.3 is 13.3 Å². The first-order valence-corrected chi connectivity index (χ1v) is 9.42. The average Bonchev–Trinajstić information content (AvgIpc) is 3.02. The first kappa shape index (κ1) is 26.8. The lowest BCUT2D eigenvalue weighted by molar-refractivity contribution is -0.135. The van der Waals surface area contributed by atoms with Crippen LogP contribution in [0.2, 0.25) is 0 Å². The molecule has 162 valence electrons. The highest BCUT2D eigenvalue weighted by Gasteiger charge is 2.50. The van der Waals surface area contributed by atoms with E-state index in [1.54, 1.807) is 0 Å². The highest BCUT2D eigenvalue weighted by Crippen LogP contribution is 2.30. The van der Waals surface area contributed by atoms with Gasteiger partial charge in [-0.25, -0.2) is 8.78 Å². The number of alkyl halides is 5. The van der Waals surface area contributed by atoms with Crippen LogP contribution >= 0.6 is 12.8 Å². The van der Waals surface area contributed by atoms with Crippen molar-refractivity contribution in [3.8, 4) is 6.07 Å². The summed E-state index contributed by atoms with van der Waals surface area (Å²) in [5.41, 5.74) is 0. The second-order valence-corrected chi connectivity index (χ2v) is 6.95. The van der Waals surface area contributed by atoms with Crippen LogP contribution in [0.1, 0.15) is 51.9 Å². The van der Waals surface area contributed by atoms with Gasteiger partial charge in [0.15, 0.2) is 0 Å². The van der Waals surface area contributed by atoms with Gasteiger partial charge in [-0.15, -0.1) is 0 Å². The summed E-state index contributed by atoms with van der Waals surface area (Å²) in [7, 11) is -2.89. The molecule has 0 amide bonds. The molecule has 1 aliphatic rings. The minimum atomic E-state index is -4.18. The van der Waals surface area contributed by atoms with Gasteiger partial charge in [0, 0.05) is 25.4 Å². The van der Waals surface area contributed by atoms with E-state index in [0.717, 1.165) is 13.2 Å². The average molecular weight is 431 g/mol. The molecule has 12 heteroatoms. The fraction of sp³-hybridized carbons (Fsp3) is 0.812. The quantitative estimate of drug-likeness (QED) is 0.211. The smallest absolute Gasteiger partial charge is 0.423 e. The second-order valence-electron chi connectivity index (χ2n) is 6.44. The Labute approximate surface area is 168 Å². The van der Waals surface area contributed by atoms with Crippen molar-refractivity contribution in [2.45, 2.75) is 63.9 Å². The molecule has 0 bridgehead atoms. The number of hydrogen-bond acceptors (Lipinski definition) is 6. The van der Waals surface area contributed by atoms with Gasteiger partial charge in [-0.3, -0.25) is 0 Å². The summed E-state index contributed by atoms with van der Waals surface area (Å²) in [4.78, 5) is 2.17. The number of hydrogen-bond donors (Lipinski definition) is 3. The van der Waals surface area contributed by atoms with Crippen LogP contribution in [0.15, 0.2) is 12.4 Å². The summed E-state index contributed by atoms with van der Waals surface area (Å²) in [5.74, 6) is -5.71. The van der Waals surface area contributed by atoms with E-state index in [1.807, 2.05) is 16.7 Å². The molecule has 2 N–H and O–H groups in total. The van der Waals surface area contributed by atoms with Crippen LogP contribution in [0.5, 0.6) is 0 Å². The van der Waals surface area contributed by atoms with Crippen LogP contribution in [-0.4, -0.2) is 51.6 Å². The third kappa shape index (κ3) is 11.6. The van der Waals surface area contributed by atoms with E-state index in [0.29, 0.717) is 19.3 Å². The molecule has 0 aromatic carbocycles. The zero-order valence-corrected chi connectivity index (χ0v) is 16.6. The van der Waals surface area contributed by atoms with E-state index in [9.17, 15) is 22.0 Å². The van der Waals surface area contributed by atoms with Crippen molar-refractivity contribution in [2.24, 2.45) is 5.92 Å². The van der Waals surface area contributed by atoms with Crippen molar-refractivity contribution in [2.75, 3.05) is 13.2 Å². The van der Waals surface area contributed by atoms with E-state index in [-0.39, 0.29) is 19.3 Å². The fourth-order valence-electron chi connectivity index (χ4n) is 2.38. The summed E-state index contributed by atoms with van der Waals surface area (Å²) < 4.78 is 63.6. The molecule has 1 atom stereocenters. The molecule has 0 saturated carbocycles.